The third-order valence-corrected chi connectivity index (χ3v) is 2.22. The summed E-state index contributed by atoms with van der Waals surface area (Å²) in [4.78, 5) is 11.2. The van der Waals surface area contributed by atoms with Crippen LogP contribution in [0.1, 0.15) is 15.9 Å². The highest BCUT2D eigenvalue weighted by Crippen LogP contribution is 2.46. The molecule has 3 nitrogen and oxygen atoms in total. The number of ether oxygens (including phenoxy) is 2. The molecule has 1 atom stereocenters. The van der Waals surface area contributed by atoms with E-state index < -0.39 is 5.79 Å². The van der Waals surface area contributed by atoms with Crippen molar-refractivity contribution < 1.29 is 14.3 Å². The summed E-state index contributed by atoms with van der Waals surface area (Å²) in [5.74, 6) is -0.976. The van der Waals surface area contributed by atoms with Gasteiger partial charge in [0.1, 0.15) is 6.61 Å². The third-order valence-electron chi connectivity index (χ3n) is 2.22. The van der Waals surface area contributed by atoms with Gasteiger partial charge in [0.05, 0.1) is 5.56 Å². The molecule has 1 spiro atoms. The fourth-order valence-corrected chi connectivity index (χ4v) is 1.53. The topological polar surface area (TPSA) is 38.8 Å². The molecule has 0 N–H and O–H groups in total. The van der Waals surface area contributed by atoms with Crippen LogP contribution in [0.2, 0.25) is 0 Å². The summed E-state index contributed by atoms with van der Waals surface area (Å²) in [6.07, 6.45) is 0. The molecule has 0 radical (unpaired) electrons. The Morgan fingerprint density at radius 2 is 2.08 bits per heavy atom. The van der Waals surface area contributed by atoms with Crippen molar-refractivity contribution in [3.8, 4) is 0 Å². The van der Waals surface area contributed by atoms with Crippen molar-refractivity contribution in [2.75, 3.05) is 6.61 Å². The summed E-state index contributed by atoms with van der Waals surface area (Å²) in [6, 6.07) is 7.33. The van der Waals surface area contributed by atoms with Crippen LogP contribution in [-0.4, -0.2) is 12.6 Å². The van der Waals surface area contributed by atoms with E-state index in [1.165, 1.54) is 0 Å². The Balaban J connectivity index is 2.27. The number of epoxide rings is 1. The number of carbonyl (C=O) groups is 1. The van der Waals surface area contributed by atoms with Gasteiger partial charge in [0.15, 0.2) is 0 Å². The van der Waals surface area contributed by atoms with E-state index in [2.05, 4.69) is 0 Å². The highest BCUT2D eigenvalue weighted by atomic mass is 16.8. The fraction of sp³-hybridized carbons (Fsp3) is 0.222. The molecule has 0 saturated carbocycles. The van der Waals surface area contributed by atoms with Crippen LogP contribution in [0.5, 0.6) is 0 Å². The smallest absolute Gasteiger partial charge is 0.341 e. The minimum absolute atomic E-state index is 0.275. The van der Waals surface area contributed by atoms with Gasteiger partial charge in [0.25, 0.3) is 5.79 Å². The lowest BCUT2D eigenvalue weighted by atomic mass is 10.1. The second-order valence-corrected chi connectivity index (χ2v) is 2.98. The van der Waals surface area contributed by atoms with Crippen molar-refractivity contribution in [1.82, 2.24) is 0 Å². The molecule has 12 heavy (non-hydrogen) atoms. The van der Waals surface area contributed by atoms with E-state index in [0.29, 0.717) is 12.2 Å². The van der Waals surface area contributed by atoms with Crippen LogP contribution in [0.15, 0.2) is 24.3 Å². The van der Waals surface area contributed by atoms with Crippen molar-refractivity contribution in [2.24, 2.45) is 0 Å². The lowest BCUT2D eigenvalue weighted by molar-refractivity contribution is -0.00789. The first-order valence-corrected chi connectivity index (χ1v) is 3.79. The number of fused-ring (bicyclic) bond motifs is 2. The van der Waals surface area contributed by atoms with Crippen LogP contribution in [0.25, 0.3) is 0 Å². The maximum Gasteiger partial charge on any atom is 0.341 e. The molecule has 3 rings (SSSR count). The minimum atomic E-state index is -0.701. The van der Waals surface area contributed by atoms with Crippen molar-refractivity contribution in [3.63, 3.8) is 0 Å². The molecule has 1 aromatic rings. The highest BCUT2D eigenvalue weighted by Gasteiger charge is 2.57. The van der Waals surface area contributed by atoms with Crippen LogP contribution in [0.3, 0.4) is 0 Å². The largest absolute Gasteiger partial charge is 0.422 e. The van der Waals surface area contributed by atoms with Crippen molar-refractivity contribution in [3.05, 3.63) is 35.4 Å². The van der Waals surface area contributed by atoms with Gasteiger partial charge in [-0.05, 0) is 6.07 Å². The van der Waals surface area contributed by atoms with E-state index in [0.717, 1.165) is 5.56 Å². The molecule has 0 aliphatic carbocycles. The molecule has 2 heterocycles. The Morgan fingerprint density at radius 3 is 2.83 bits per heavy atom. The number of hydrogen-bond donors (Lipinski definition) is 0. The molecule has 1 saturated heterocycles. The number of esters is 1. The zero-order valence-electron chi connectivity index (χ0n) is 6.24. The second-order valence-electron chi connectivity index (χ2n) is 2.98. The van der Waals surface area contributed by atoms with Crippen LogP contribution < -0.4 is 0 Å². The van der Waals surface area contributed by atoms with Gasteiger partial charge in [-0.2, -0.15) is 0 Å². The molecule has 1 aromatic carbocycles. The number of benzene rings is 1. The summed E-state index contributed by atoms with van der Waals surface area (Å²) in [5.41, 5.74) is 1.50. The van der Waals surface area contributed by atoms with Crippen molar-refractivity contribution in [1.29, 1.82) is 0 Å². The quantitative estimate of drug-likeness (QED) is 0.422. The van der Waals surface area contributed by atoms with Gasteiger partial charge in [0, 0.05) is 5.56 Å². The van der Waals surface area contributed by atoms with Crippen LogP contribution in [0.4, 0.5) is 0 Å². The zero-order valence-corrected chi connectivity index (χ0v) is 6.24. The minimum Gasteiger partial charge on any atom is -0.422 e. The molecule has 3 heteroatoms. The number of hydrogen-bond acceptors (Lipinski definition) is 3. The predicted molar refractivity (Wildman–Crippen MR) is 39.5 cm³/mol. The fourth-order valence-electron chi connectivity index (χ4n) is 1.53. The first-order valence-electron chi connectivity index (χ1n) is 3.79. The highest BCUT2D eigenvalue weighted by molar-refractivity contribution is 5.94. The summed E-state index contributed by atoms with van der Waals surface area (Å²) in [6.45, 7) is 0.496. The molecule has 1 unspecified atom stereocenters. The summed E-state index contributed by atoms with van der Waals surface area (Å²) < 4.78 is 10.2. The molecular formula is C9H6O3. The summed E-state index contributed by atoms with van der Waals surface area (Å²) in [7, 11) is 0. The standard InChI is InChI=1S/C9H6O3/c10-8-6-3-1-2-4-7(6)9(12-8)5-11-9/h1-4H,5H2. The number of carbonyl (C=O) groups excluding carboxylic acids is 1. The van der Waals surface area contributed by atoms with Crippen LogP contribution in [0, 0.1) is 0 Å². The third kappa shape index (κ3) is 0.576. The first-order chi connectivity index (χ1) is 5.82. The molecule has 2 aliphatic heterocycles. The van der Waals surface area contributed by atoms with Gasteiger partial charge in [0.2, 0.25) is 0 Å². The van der Waals surface area contributed by atoms with E-state index >= 15 is 0 Å². The van der Waals surface area contributed by atoms with Gasteiger partial charge in [-0.3, -0.25) is 0 Å². The zero-order chi connectivity index (χ0) is 8.18. The molecular weight excluding hydrogens is 156 g/mol. The van der Waals surface area contributed by atoms with E-state index in [1.807, 2.05) is 18.2 Å². The average Bonchev–Trinajstić information content (AvgIpc) is 2.79. The molecule has 2 aliphatic rings. The summed E-state index contributed by atoms with van der Waals surface area (Å²) >= 11 is 0. The Kier molecular flexibility index (Phi) is 0.875. The Labute approximate surface area is 68.9 Å². The van der Waals surface area contributed by atoms with Crippen molar-refractivity contribution in [2.45, 2.75) is 5.79 Å². The SMILES string of the molecule is O=C1OC2(CO2)c2ccccc21. The van der Waals surface area contributed by atoms with Crippen LogP contribution >= 0.6 is 0 Å². The Bertz CT molecular complexity index is 366. The van der Waals surface area contributed by atoms with Gasteiger partial charge < -0.3 is 9.47 Å². The maximum atomic E-state index is 11.2. The molecule has 0 aromatic heterocycles. The summed E-state index contributed by atoms with van der Waals surface area (Å²) in [5, 5.41) is 0. The van der Waals surface area contributed by atoms with E-state index in [-0.39, 0.29) is 5.97 Å². The Hall–Kier alpha value is -1.35. The molecule has 60 valence electrons. The number of rotatable bonds is 0. The van der Waals surface area contributed by atoms with E-state index in [4.69, 9.17) is 9.47 Å². The van der Waals surface area contributed by atoms with E-state index in [1.54, 1.807) is 6.07 Å². The van der Waals surface area contributed by atoms with Crippen LogP contribution in [-0.2, 0) is 15.3 Å². The molecule has 0 amide bonds. The van der Waals surface area contributed by atoms with Gasteiger partial charge in [-0.25, -0.2) is 4.79 Å². The monoisotopic (exact) mass is 162 g/mol. The van der Waals surface area contributed by atoms with E-state index in [9.17, 15) is 4.79 Å². The lowest BCUT2D eigenvalue weighted by Gasteiger charge is -2.00. The normalized spacial score (nSPS) is 30.2. The molecule has 1 fully saturated rings. The van der Waals surface area contributed by atoms with Gasteiger partial charge in [-0.1, -0.05) is 18.2 Å². The maximum absolute atomic E-state index is 11.2. The first kappa shape index (κ1) is 6.20. The lowest BCUT2D eigenvalue weighted by Crippen LogP contribution is -2.06. The van der Waals surface area contributed by atoms with Gasteiger partial charge >= 0.3 is 5.97 Å². The van der Waals surface area contributed by atoms with Crippen molar-refractivity contribution >= 4 is 5.97 Å². The second kappa shape index (κ2) is 1.69. The molecule has 0 bridgehead atoms. The predicted octanol–water partition coefficient (Wildman–Crippen LogP) is 1.04. The Morgan fingerprint density at radius 1 is 1.33 bits per heavy atom. The average molecular weight is 162 g/mol. The van der Waals surface area contributed by atoms with Gasteiger partial charge in [-0.15, -0.1) is 0 Å².